The minimum absolute atomic E-state index is 0.549. The van der Waals surface area contributed by atoms with Crippen LogP contribution < -0.4 is 9.47 Å². The normalized spacial score (nSPS) is 11.0. The number of hydrogen-bond donors (Lipinski definition) is 0. The van der Waals surface area contributed by atoms with Gasteiger partial charge in [-0.1, -0.05) is 104 Å². The average molecular weight is 459 g/mol. The Labute approximate surface area is 198 Å². The Hall–Kier alpha value is -1.73. The molecule has 0 unspecified atom stereocenters. The maximum absolute atomic E-state index is 11.7. The molecule has 0 saturated heterocycles. The predicted octanol–water partition coefficient (Wildman–Crippen LogP) is 8.21. The number of hydrogen-bond acceptors (Lipinski definition) is 3. The van der Waals surface area contributed by atoms with E-state index in [1.165, 1.54) is 57.8 Å². The second-order valence-corrected chi connectivity index (χ2v) is 14.5. The number of unbranched alkanes of at least 4 members (excludes halogenated alkanes) is 10. The molecule has 0 radical (unpaired) electrons. The van der Waals surface area contributed by atoms with Gasteiger partial charge in [-0.3, -0.25) is 4.79 Å². The van der Waals surface area contributed by atoms with E-state index in [1.54, 1.807) is 0 Å². The summed E-state index contributed by atoms with van der Waals surface area (Å²) >= 11 is 0. The standard InChI is InChI=1S/C28H46O3Si/c1-6-8-10-12-14-16-19-30-27-23-26(24-29)28(22-25(27)18-21-32(3,4)5)31-20-17-15-13-11-9-7-2/h22-24H,6-17,19-20H2,1-5H3. The lowest BCUT2D eigenvalue weighted by atomic mass is 10.1. The highest BCUT2D eigenvalue weighted by Gasteiger charge is 2.13. The quantitative estimate of drug-likeness (QED) is 0.102. The van der Waals surface area contributed by atoms with E-state index >= 15 is 0 Å². The fourth-order valence-corrected chi connectivity index (χ4v) is 3.90. The summed E-state index contributed by atoms with van der Waals surface area (Å²) in [6.07, 6.45) is 15.4. The van der Waals surface area contributed by atoms with Crippen molar-refractivity contribution in [1.29, 1.82) is 0 Å². The average Bonchev–Trinajstić information content (AvgIpc) is 2.76. The van der Waals surface area contributed by atoms with Crippen LogP contribution in [0.2, 0.25) is 19.6 Å². The maximum Gasteiger partial charge on any atom is 0.153 e. The van der Waals surface area contributed by atoms with Crippen LogP contribution in [0.1, 0.15) is 107 Å². The molecule has 0 aliphatic rings. The molecule has 0 aliphatic heterocycles. The molecule has 180 valence electrons. The Balaban J connectivity index is 2.79. The minimum atomic E-state index is -1.53. The molecule has 0 fully saturated rings. The summed E-state index contributed by atoms with van der Waals surface area (Å²) in [5, 5.41) is 0. The molecule has 1 aromatic rings. The molecule has 32 heavy (non-hydrogen) atoms. The van der Waals surface area contributed by atoms with E-state index in [9.17, 15) is 4.79 Å². The highest BCUT2D eigenvalue weighted by atomic mass is 28.3. The third kappa shape index (κ3) is 13.0. The number of benzene rings is 1. The highest BCUT2D eigenvalue weighted by Crippen LogP contribution is 2.28. The van der Waals surface area contributed by atoms with Gasteiger partial charge in [0.2, 0.25) is 0 Å². The Kier molecular flexibility index (Phi) is 14.9. The topological polar surface area (TPSA) is 35.5 Å². The number of aldehydes is 1. The van der Waals surface area contributed by atoms with Crippen LogP contribution in [0.3, 0.4) is 0 Å². The molecule has 1 aromatic carbocycles. The monoisotopic (exact) mass is 458 g/mol. The lowest BCUT2D eigenvalue weighted by molar-refractivity contribution is 0.111. The van der Waals surface area contributed by atoms with E-state index in [2.05, 4.69) is 45.0 Å². The first-order valence-corrected chi connectivity index (χ1v) is 16.3. The largest absolute Gasteiger partial charge is 0.493 e. The van der Waals surface area contributed by atoms with Crippen molar-refractivity contribution in [3.63, 3.8) is 0 Å². The third-order valence-electron chi connectivity index (χ3n) is 5.32. The van der Waals surface area contributed by atoms with Gasteiger partial charge in [0.05, 0.1) is 24.3 Å². The number of carbonyl (C=O) groups excluding carboxylic acids is 1. The Bertz CT molecular complexity index is 710. The predicted molar refractivity (Wildman–Crippen MR) is 140 cm³/mol. The first kappa shape index (κ1) is 28.3. The molecule has 0 atom stereocenters. The number of carbonyl (C=O) groups is 1. The van der Waals surface area contributed by atoms with Crippen LogP contribution in [0.15, 0.2) is 12.1 Å². The van der Waals surface area contributed by atoms with Gasteiger partial charge in [-0.25, -0.2) is 0 Å². The van der Waals surface area contributed by atoms with E-state index in [4.69, 9.17) is 9.47 Å². The fourth-order valence-electron chi connectivity index (χ4n) is 3.39. The molecule has 0 spiro atoms. The van der Waals surface area contributed by atoms with Gasteiger partial charge in [-0.2, -0.15) is 0 Å². The molecular formula is C28H46O3Si. The molecule has 1 rings (SSSR count). The van der Waals surface area contributed by atoms with Crippen LogP contribution in [0.5, 0.6) is 11.5 Å². The summed E-state index contributed by atoms with van der Waals surface area (Å²) in [6, 6.07) is 3.72. The Morgan fingerprint density at radius 1 is 0.750 bits per heavy atom. The van der Waals surface area contributed by atoms with Crippen LogP contribution in [0.4, 0.5) is 0 Å². The van der Waals surface area contributed by atoms with Crippen molar-refractivity contribution in [3.05, 3.63) is 23.3 Å². The highest BCUT2D eigenvalue weighted by molar-refractivity contribution is 6.83. The van der Waals surface area contributed by atoms with Crippen molar-refractivity contribution in [2.24, 2.45) is 0 Å². The lowest BCUT2D eigenvalue weighted by Gasteiger charge is -2.14. The van der Waals surface area contributed by atoms with Gasteiger partial charge in [-0.05, 0) is 18.9 Å². The molecule has 4 heteroatoms. The van der Waals surface area contributed by atoms with Crippen LogP contribution in [-0.2, 0) is 0 Å². The van der Waals surface area contributed by atoms with Crippen molar-refractivity contribution < 1.29 is 14.3 Å². The number of rotatable bonds is 17. The first-order chi connectivity index (χ1) is 15.4. The molecule has 0 amide bonds. The third-order valence-corrected chi connectivity index (χ3v) is 6.20. The van der Waals surface area contributed by atoms with Crippen molar-refractivity contribution in [1.82, 2.24) is 0 Å². The Morgan fingerprint density at radius 2 is 1.25 bits per heavy atom. The lowest BCUT2D eigenvalue weighted by Crippen LogP contribution is -2.16. The molecular weight excluding hydrogens is 412 g/mol. The first-order valence-electron chi connectivity index (χ1n) is 12.8. The van der Waals surface area contributed by atoms with Gasteiger partial charge in [-0.15, -0.1) is 5.54 Å². The van der Waals surface area contributed by atoms with Crippen molar-refractivity contribution in [2.75, 3.05) is 13.2 Å². The molecule has 0 aromatic heterocycles. The van der Waals surface area contributed by atoms with Gasteiger partial charge in [0.25, 0.3) is 0 Å². The number of ether oxygens (including phenoxy) is 2. The summed E-state index contributed by atoms with van der Waals surface area (Å²) in [5.41, 5.74) is 4.81. The molecule has 0 bridgehead atoms. The smallest absolute Gasteiger partial charge is 0.153 e. The van der Waals surface area contributed by atoms with E-state index in [-0.39, 0.29) is 0 Å². The van der Waals surface area contributed by atoms with Gasteiger partial charge in [0.1, 0.15) is 19.6 Å². The Morgan fingerprint density at radius 3 is 1.75 bits per heavy atom. The fraction of sp³-hybridized carbons (Fsp3) is 0.679. The zero-order valence-corrected chi connectivity index (χ0v) is 22.4. The SMILES string of the molecule is CCCCCCCCOc1cc(C=O)c(OCCCCCCCC)cc1C#C[Si](C)(C)C. The summed E-state index contributed by atoms with van der Waals surface area (Å²) in [4.78, 5) is 11.7. The van der Waals surface area contributed by atoms with Crippen LogP contribution in [-0.4, -0.2) is 27.6 Å². The van der Waals surface area contributed by atoms with Crippen LogP contribution in [0.25, 0.3) is 0 Å². The van der Waals surface area contributed by atoms with Gasteiger partial charge in [0.15, 0.2) is 6.29 Å². The zero-order chi connectivity index (χ0) is 23.7. The molecule has 0 aliphatic carbocycles. The van der Waals surface area contributed by atoms with Crippen molar-refractivity contribution in [2.45, 2.75) is 111 Å². The summed E-state index contributed by atoms with van der Waals surface area (Å²) in [6.45, 7) is 12.4. The van der Waals surface area contributed by atoms with Gasteiger partial charge < -0.3 is 9.47 Å². The second kappa shape index (κ2) is 16.8. The van der Waals surface area contributed by atoms with E-state index in [1.807, 2.05) is 12.1 Å². The van der Waals surface area contributed by atoms with E-state index < -0.39 is 8.07 Å². The van der Waals surface area contributed by atoms with Crippen LogP contribution >= 0.6 is 0 Å². The maximum atomic E-state index is 11.7. The van der Waals surface area contributed by atoms with Gasteiger partial charge >= 0.3 is 0 Å². The van der Waals surface area contributed by atoms with Crippen molar-refractivity contribution in [3.8, 4) is 23.0 Å². The summed E-state index contributed by atoms with van der Waals surface area (Å²) in [5.74, 6) is 4.66. The summed E-state index contributed by atoms with van der Waals surface area (Å²) in [7, 11) is -1.53. The minimum Gasteiger partial charge on any atom is -0.493 e. The van der Waals surface area contributed by atoms with Crippen LogP contribution in [0, 0.1) is 11.5 Å². The molecule has 0 N–H and O–H groups in total. The zero-order valence-electron chi connectivity index (χ0n) is 21.4. The van der Waals surface area contributed by atoms with E-state index in [0.29, 0.717) is 30.3 Å². The van der Waals surface area contributed by atoms with E-state index in [0.717, 1.165) is 31.1 Å². The van der Waals surface area contributed by atoms with Crippen molar-refractivity contribution >= 4 is 14.4 Å². The molecule has 3 nitrogen and oxygen atoms in total. The molecule has 0 saturated carbocycles. The van der Waals surface area contributed by atoms with Gasteiger partial charge in [0, 0.05) is 6.07 Å². The second-order valence-electron chi connectivity index (χ2n) is 9.74. The summed E-state index contributed by atoms with van der Waals surface area (Å²) < 4.78 is 12.1. The molecule has 0 heterocycles.